The summed E-state index contributed by atoms with van der Waals surface area (Å²) in [4.78, 5) is 0. The van der Waals surface area contributed by atoms with Gasteiger partial charge in [-0.1, -0.05) is 19.9 Å². The van der Waals surface area contributed by atoms with Gasteiger partial charge in [-0.2, -0.15) is 5.10 Å². The van der Waals surface area contributed by atoms with E-state index in [9.17, 15) is 8.78 Å². The van der Waals surface area contributed by atoms with Crippen LogP contribution in [0.15, 0.2) is 30.6 Å². The molecule has 3 nitrogen and oxygen atoms in total. The average Bonchev–Trinajstić information content (AvgIpc) is 2.86. The predicted molar refractivity (Wildman–Crippen MR) is 83.7 cm³/mol. The molecular weight excluding hydrogens is 272 g/mol. The van der Waals surface area contributed by atoms with Gasteiger partial charge in [-0.25, -0.2) is 8.78 Å². The molecule has 0 aliphatic rings. The fourth-order valence-corrected chi connectivity index (χ4v) is 1.99. The molecule has 21 heavy (non-hydrogen) atoms. The Labute approximate surface area is 125 Å². The summed E-state index contributed by atoms with van der Waals surface area (Å²) in [5.74, 6) is 0. The van der Waals surface area contributed by atoms with Crippen LogP contribution in [0.1, 0.15) is 39.7 Å². The van der Waals surface area contributed by atoms with Gasteiger partial charge in [-0.15, -0.1) is 0 Å². The van der Waals surface area contributed by atoms with Gasteiger partial charge < -0.3 is 5.32 Å². The van der Waals surface area contributed by atoms with E-state index >= 15 is 0 Å². The monoisotopic (exact) mass is 295 g/mol. The lowest BCUT2D eigenvalue weighted by Gasteiger charge is -2.14. The zero-order chi connectivity index (χ0) is 16.0. The third-order valence-corrected chi connectivity index (χ3v) is 2.76. The Morgan fingerprint density at radius 3 is 2.33 bits per heavy atom. The maximum atomic E-state index is 13.2. The Hall–Kier alpha value is -1.91. The summed E-state index contributed by atoms with van der Waals surface area (Å²) in [5, 5.41) is 7.15. The van der Waals surface area contributed by atoms with Crippen molar-refractivity contribution < 1.29 is 8.78 Å². The summed E-state index contributed by atoms with van der Waals surface area (Å²) in [6.45, 7) is 7.94. The summed E-state index contributed by atoms with van der Waals surface area (Å²) in [7, 11) is 1.76. The molecule has 0 bridgehead atoms. The van der Waals surface area contributed by atoms with E-state index in [1.807, 2.05) is 33.8 Å². The standard InChI is InChI=1S/C14H17F2N3.C2H6/c1-9(2)18-11-4-5-12(13(6-11)14(15)16)10-7-17-19(3)8-10;1-2/h4-9,14,18H,1-3H3;1-2H3. The van der Waals surface area contributed by atoms with Crippen molar-refractivity contribution >= 4 is 5.69 Å². The predicted octanol–water partition coefficient (Wildman–Crippen LogP) is 4.87. The van der Waals surface area contributed by atoms with Crippen LogP contribution in [-0.2, 0) is 7.05 Å². The second-order valence-corrected chi connectivity index (χ2v) is 4.80. The topological polar surface area (TPSA) is 29.9 Å². The molecule has 0 aliphatic heterocycles. The van der Waals surface area contributed by atoms with Crippen molar-refractivity contribution in [2.75, 3.05) is 5.32 Å². The van der Waals surface area contributed by atoms with E-state index < -0.39 is 6.43 Å². The van der Waals surface area contributed by atoms with Crippen molar-refractivity contribution in [3.63, 3.8) is 0 Å². The minimum atomic E-state index is -2.51. The van der Waals surface area contributed by atoms with Crippen molar-refractivity contribution in [3.8, 4) is 11.1 Å². The fourth-order valence-electron chi connectivity index (χ4n) is 1.99. The highest BCUT2D eigenvalue weighted by Gasteiger charge is 2.16. The molecule has 1 aromatic heterocycles. The normalized spacial score (nSPS) is 10.5. The minimum absolute atomic E-state index is 0.0265. The van der Waals surface area contributed by atoms with E-state index in [0.29, 0.717) is 16.8 Å². The van der Waals surface area contributed by atoms with E-state index in [2.05, 4.69) is 10.4 Å². The first-order valence-electron chi connectivity index (χ1n) is 7.15. The Kier molecular flexibility index (Phi) is 6.34. The Morgan fingerprint density at radius 1 is 1.19 bits per heavy atom. The largest absolute Gasteiger partial charge is 0.383 e. The number of alkyl halides is 2. The van der Waals surface area contributed by atoms with Gasteiger partial charge in [-0.05, 0) is 31.5 Å². The first-order chi connectivity index (χ1) is 9.97. The second-order valence-electron chi connectivity index (χ2n) is 4.80. The number of nitrogens with zero attached hydrogens (tertiary/aromatic N) is 2. The number of aromatic nitrogens is 2. The van der Waals surface area contributed by atoms with Crippen molar-refractivity contribution in [2.24, 2.45) is 7.05 Å². The molecule has 2 aromatic rings. The van der Waals surface area contributed by atoms with Crippen LogP contribution in [-0.4, -0.2) is 15.8 Å². The lowest BCUT2D eigenvalue weighted by atomic mass is 10.0. The zero-order valence-electron chi connectivity index (χ0n) is 13.2. The van der Waals surface area contributed by atoms with Crippen LogP contribution in [0.5, 0.6) is 0 Å². The van der Waals surface area contributed by atoms with Crippen molar-refractivity contribution in [1.29, 1.82) is 0 Å². The molecule has 1 heterocycles. The Bertz CT molecular complexity index is 562. The van der Waals surface area contributed by atoms with Crippen LogP contribution in [0.2, 0.25) is 0 Å². The number of anilines is 1. The maximum Gasteiger partial charge on any atom is 0.264 e. The molecular formula is C16H23F2N3. The maximum absolute atomic E-state index is 13.2. The second kappa shape index (κ2) is 7.76. The van der Waals surface area contributed by atoms with Gasteiger partial charge in [0, 0.05) is 36.1 Å². The molecule has 5 heteroatoms. The lowest BCUT2D eigenvalue weighted by molar-refractivity contribution is 0.152. The molecule has 2 rings (SSSR count). The third-order valence-electron chi connectivity index (χ3n) is 2.76. The third kappa shape index (κ3) is 4.55. The van der Waals surface area contributed by atoms with Gasteiger partial charge in [0.25, 0.3) is 6.43 Å². The van der Waals surface area contributed by atoms with E-state index in [1.165, 1.54) is 6.07 Å². The number of benzene rings is 1. The number of rotatable bonds is 4. The Morgan fingerprint density at radius 2 is 1.86 bits per heavy atom. The van der Waals surface area contributed by atoms with Gasteiger partial charge in [0.2, 0.25) is 0 Å². The first kappa shape index (κ1) is 17.1. The molecule has 1 aromatic carbocycles. The van der Waals surface area contributed by atoms with Crippen molar-refractivity contribution in [2.45, 2.75) is 40.2 Å². The molecule has 0 unspecified atom stereocenters. The van der Waals surface area contributed by atoms with Gasteiger partial charge in [0.15, 0.2) is 0 Å². The molecule has 0 spiro atoms. The molecule has 0 saturated carbocycles. The highest BCUT2D eigenvalue weighted by Crippen LogP contribution is 2.33. The molecule has 116 valence electrons. The van der Waals surface area contributed by atoms with Crippen LogP contribution >= 0.6 is 0 Å². The molecule has 0 amide bonds. The van der Waals surface area contributed by atoms with E-state index in [4.69, 9.17) is 0 Å². The van der Waals surface area contributed by atoms with Gasteiger partial charge in [-0.3, -0.25) is 4.68 Å². The van der Waals surface area contributed by atoms with E-state index in [0.717, 1.165) is 0 Å². The van der Waals surface area contributed by atoms with Crippen LogP contribution < -0.4 is 5.32 Å². The van der Waals surface area contributed by atoms with Gasteiger partial charge in [0.05, 0.1) is 6.20 Å². The van der Waals surface area contributed by atoms with Crippen LogP contribution in [0.4, 0.5) is 14.5 Å². The summed E-state index contributed by atoms with van der Waals surface area (Å²) >= 11 is 0. The number of halogens is 2. The number of hydrogen-bond acceptors (Lipinski definition) is 2. The molecule has 0 aliphatic carbocycles. The van der Waals surface area contributed by atoms with Crippen LogP contribution in [0, 0.1) is 0 Å². The highest BCUT2D eigenvalue weighted by atomic mass is 19.3. The van der Waals surface area contributed by atoms with Gasteiger partial charge in [0.1, 0.15) is 0 Å². The molecule has 0 atom stereocenters. The lowest BCUT2D eigenvalue weighted by Crippen LogP contribution is -2.10. The fraction of sp³-hybridized carbons (Fsp3) is 0.438. The number of aryl methyl sites for hydroxylation is 1. The smallest absolute Gasteiger partial charge is 0.264 e. The van der Waals surface area contributed by atoms with Crippen LogP contribution in [0.3, 0.4) is 0 Å². The minimum Gasteiger partial charge on any atom is -0.383 e. The molecule has 0 saturated heterocycles. The summed E-state index contributed by atoms with van der Waals surface area (Å²) < 4.78 is 28.0. The number of hydrogen-bond donors (Lipinski definition) is 1. The van der Waals surface area contributed by atoms with Crippen molar-refractivity contribution in [3.05, 3.63) is 36.2 Å². The number of nitrogens with one attached hydrogen (secondary N) is 1. The van der Waals surface area contributed by atoms with E-state index in [1.54, 1.807) is 30.2 Å². The van der Waals surface area contributed by atoms with Gasteiger partial charge >= 0.3 is 0 Å². The zero-order valence-corrected chi connectivity index (χ0v) is 13.2. The molecule has 0 fully saturated rings. The summed E-state index contributed by atoms with van der Waals surface area (Å²) in [6.07, 6.45) is 0.817. The van der Waals surface area contributed by atoms with Crippen LogP contribution in [0.25, 0.3) is 11.1 Å². The average molecular weight is 295 g/mol. The molecule has 0 radical (unpaired) electrons. The summed E-state index contributed by atoms with van der Waals surface area (Å²) in [5.41, 5.74) is 1.96. The van der Waals surface area contributed by atoms with E-state index in [-0.39, 0.29) is 11.6 Å². The Balaban J connectivity index is 0.00000106. The first-order valence-corrected chi connectivity index (χ1v) is 7.15. The molecule has 1 N–H and O–H groups in total. The summed E-state index contributed by atoms with van der Waals surface area (Å²) in [6, 6.07) is 5.24. The SMILES string of the molecule is CC.CC(C)Nc1ccc(-c2cnn(C)c2)c(C(F)F)c1. The quantitative estimate of drug-likeness (QED) is 0.872. The highest BCUT2D eigenvalue weighted by molar-refractivity contribution is 5.69. The van der Waals surface area contributed by atoms with Crippen molar-refractivity contribution in [1.82, 2.24) is 9.78 Å².